The molecule has 120 valence electrons. The number of carbonyl (C=O) groups is 2. The molecule has 0 aliphatic rings. The van der Waals surface area contributed by atoms with Crippen LogP contribution in [0.3, 0.4) is 0 Å². The third-order valence-corrected chi connectivity index (χ3v) is 3.74. The molecule has 1 aromatic heterocycles. The molecule has 6 nitrogen and oxygen atoms in total. The molecular formula is C16H15ClN2O4. The van der Waals surface area contributed by atoms with Crippen molar-refractivity contribution in [1.82, 2.24) is 4.98 Å². The van der Waals surface area contributed by atoms with Crippen molar-refractivity contribution in [3.8, 4) is 11.3 Å². The predicted molar refractivity (Wildman–Crippen MR) is 85.7 cm³/mol. The van der Waals surface area contributed by atoms with Crippen LogP contribution < -0.4 is 5.73 Å². The number of carboxylic acid groups (broad SMARTS) is 2. The molecule has 0 radical (unpaired) electrons. The van der Waals surface area contributed by atoms with Gasteiger partial charge in [0, 0.05) is 16.5 Å². The van der Waals surface area contributed by atoms with Crippen LogP contribution in [0.5, 0.6) is 0 Å². The van der Waals surface area contributed by atoms with Gasteiger partial charge in [-0.25, -0.2) is 9.78 Å². The number of pyridine rings is 1. The first-order valence-corrected chi connectivity index (χ1v) is 7.22. The summed E-state index contributed by atoms with van der Waals surface area (Å²) in [6.45, 7) is 0.177. The van der Waals surface area contributed by atoms with Crippen LogP contribution in [0.2, 0.25) is 5.02 Å². The summed E-state index contributed by atoms with van der Waals surface area (Å²) >= 11 is 6.18. The molecule has 0 saturated heterocycles. The molecule has 0 aliphatic heterocycles. The largest absolute Gasteiger partial charge is 0.481 e. The highest BCUT2D eigenvalue weighted by Gasteiger charge is 2.17. The van der Waals surface area contributed by atoms with Crippen molar-refractivity contribution >= 4 is 23.5 Å². The molecule has 2 aromatic rings. The average molecular weight is 335 g/mol. The van der Waals surface area contributed by atoms with E-state index in [0.29, 0.717) is 16.3 Å². The van der Waals surface area contributed by atoms with Gasteiger partial charge in [0.15, 0.2) is 0 Å². The maximum Gasteiger partial charge on any atom is 0.354 e. The van der Waals surface area contributed by atoms with E-state index in [1.807, 2.05) is 0 Å². The number of carboxylic acids is 2. The second-order valence-electron chi connectivity index (χ2n) is 4.98. The molecule has 4 N–H and O–H groups in total. The Morgan fingerprint density at radius 2 is 1.96 bits per heavy atom. The Morgan fingerprint density at radius 1 is 1.22 bits per heavy atom. The lowest BCUT2D eigenvalue weighted by molar-refractivity contribution is -0.137. The number of halogens is 1. The topological polar surface area (TPSA) is 114 Å². The first kappa shape index (κ1) is 16.9. The van der Waals surface area contributed by atoms with E-state index >= 15 is 0 Å². The minimum atomic E-state index is -1.13. The van der Waals surface area contributed by atoms with Crippen molar-refractivity contribution in [2.75, 3.05) is 6.54 Å². The minimum absolute atomic E-state index is 0.0927. The van der Waals surface area contributed by atoms with Gasteiger partial charge < -0.3 is 15.9 Å². The van der Waals surface area contributed by atoms with Gasteiger partial charge in [-0.3, -0.25) is 4.79 Å². The van der Waals surface area contributed by atoms with Crippen LogP contribution in [0.15, 0.2) is 36.4 Å². The summed E-state index contributed by atoms with van der Waals surface area (Å²) in [4.78, 5) is 26.0. The summed E-state index contributed by atoms with van der Waals surface area (Å²) in [6.07, 6.45) is -0.0971. The average Bonchev–Trinajstić information content (AvgIpc) is 2.53. The van der Waals surface area contributed by atoms with Crippen molar-refractivity contribution in [3.05, 3.63) is 52.7 Å². The zero-order valence-electron chi connectivity index (χ0n) is 12.1. The van der Waals surface area contributed by atoms with Crippen LogP contribution in [-0.4, -0.2) is 33.7 Å². The lowest BCUT2D eigenvalue weighted by atomic mass is 9.93. The van der Waals surface area contributed by atoms with Crippen molar-refractivity contribution in [2.24, 2.45) is 5.73 Å². The molecule has 1 heterocycles. The Hall–Kier alpha value is -2.44. The fourth-order valence-corrected chi connectivity index (χ4v) is 2.46. The number of nitrogens with zero attached hydrogens (tertiary/aromatic N) is 1. The van der Waals surface area contributed by atoms with E-state index in [-0.39, 0.29) is 24.6 Å². The minimum Gasteiger partial charge on any atom is -0.481 e. The third kappa shape index (κ3) is 4.06. The number of aromatic carboxylic acids is 1. The molecule has 0 fully saturated rings. The summed E-state index contributed by atoms with van der Waals surface area (Å²) in [5, 5.41) is 18.4. The normalized spacial score (nSPS) is 11.9. The van der Waals surface area contributed by atoms with E-state index in [4.69, 9.17) is 27.5 Å². The Morgan fingerprint density at radius 3 is 2.57 bits per heavy atom. The summed E-state index contributed by atoms with van der Waals surface area (Å²) in [5.74, 6) is -2.43. The second kappa shape index (κ2) is 7.21. The van der Waals surface area contributed by atoms with Crippen molar-refractivity contribution in [1.29, 1.82) is 0 Å². The fraction of sp³-hybridized carbons (Fsp3) is 0.188. The summed E-state index contributed by atoms with van der Waals surface area (Å²) in [6, 6.07) is 9.66. The SMILES string of the molecule is NC[C@H](CC(=O)O)c1ccc(Cl)c(-c2cccc(C(=O)O)n2)c1. The van der Waals surface area contributed by atoms with Crippen molar-refractivity contribution in [2.45, 2.75) is 12.3 Å². The summed E-state index contributed by atoms with van der Waals surface area (Å²) in [7, 11) is 0. The zero-order chi connectivity index (χ0) is 17.0. The Bertz CT molecular complexity index is 749. The Kier molecular flexibility index (Phi) is 5.31. The molecule has 23 heavy (non-hydrogen) atoms. The van der Waals surface area contributed by atoms with E-state index < -0.39 is 11.9 Å². The van der Waals surface area contributed by atoms with Gasteiger partial charge in [-0.2, -0.15) is 0 Å². The van der Waals surface area contributed by atoms with Crippen LogP contribution in [0.25, 0.3) is 11.3 Å². The maximum absolute atomic E-state index is 11.0. The van der Waals surface area contributed by atoms with Gasteiger partial charge in [0.25, 0.3) is 0 Å². The van der Waals surface area contributed by atoms with Gasteiger partial charge >= 0.3 is 11.9 Å². The van der Waals surface area contributed by atoms with Gasteiger partial charge in [-0.15, -0.1) is 0 Å². The van der Waals surface area contributed by atoms with Gasteiger partial charge in [0.05, 0.1) is 12.1 Å². The van der Waals surface area contributed by atoms with Crippen molar-refractivity contribution in [3.63, 3.8) is 0 Å². The van der Waals surface area contributed by atoms with Crippen LogP contribution in [0, 0.1) is 0 Å². The quantitative estimate of drug-likeness (QED) is 0.748. The smallest absolute Gasteiger partial charge is 0.354 e. The molecule has 2 rings (SSSR count). The van der Waals surface area contributed by atoms with E-state index in [1.54, 1.807) is 30.3 Å². The standard InChI is InChI=1S/C16H15ClN2O4/c17-12-5-4-9(10(8-18)7-15(20)21)6-11(12)13-2-1-3-14(19-13)16(22)23/h1-6,10H,7-8,18H2,(H,20,21)(H,22,23)/t10-/m0/s1. The highest BCUT2D eigenvalue weighted by atomic mass is 35.5. The maximum atomic E-state index is 11.0. The Labute approximate surface area is 137 Å². The number of nitrogens with two attached hydrogens (primary N) is 1. The summed E-state index contributed by atoms with van der Waals surface area (Å²) in [5.41, 5.74) is 7.22. The van der Waals surface area contributed by atoms with E-state index in [1.165, 1.54) is 6.07 Å². The van der Waals surface area contributed by atoms with Gasteiger partial charge in [-0.05, 0) is 36.4 Å². The number of rotatable bonds is 6. The lowest BCUT2D eigenvalue weighted by Gasteiger charge is -2.15. The highest BCUT2D eigenvalue weighted by molar-refractivity contribution is 6.33. The molecule has 1 atom stereocenters. The molecule has 7 heteroatoms. The van der Waals surface area contributed by atoms with E-state index in [0.717, 1.165) is 5.56 Å². The molecule has 1 aromatic carbocycles. The fourth-order valence-electron chi connectivity index (χ4n) is 2.24. The molecule has 0 bridgehead atoms. The number of aliphatic carboxylic acids is 1. The first-order chi connectivity index (χ1) is 10.9. The second-order valence-corrected chi connectivity index (χ2v) is 5.39. The van der Waals surface area contributed by atoms with E-state index in [9.17, 15) is 9.59 Å². The number of benzene rings is 1. The molecule has 0 aliphatic carbocycles. The molecular weight excluding hydrogens is 320 g/mol. The number of hydrogen-bond acceptors (Lipinski definition) is 4. The highest BCUT2D eigenvalue weighted by Crippen LogP contribution is 2.31. The summed E-state index contributed by atoms with van der Waals surface area (Å²) < 4.78 is 0. The van der Waals surface area contributed by atoms with E-state index in [2.05, 4.69) is 4.98 Å². The van der Waals surface area contributed by atoms with Crippen LogP contribution in [-0.2, 0) is 4.79 Å². The molecule has 0 unspecified atom stereocenters. The number of aromatic nitrogens is 1. The first-order valence-electron chi connectivity index (χ1n) is 6.84. The van der Waals surface area contributed by atoms with Gasteiger partial charge in [-0.1, -0.05) is 23.7 Å². The van der Waals surface area contributed by atoms with Gasteiger partial charge in [0.1, 0.15) is 5.69 Å². The predicted octanol–water partition coefficient (Wildman–Crippen LogP) is 2.62. The lowest BCUT2D eigenvalue weighted by Crippen LogP contribution is -2.16. The molecule has 0 spiro atoms. The van der Waals surface area contributed by atoms with Gasteiger partial charge in [0.2, 0.25) is 0 Å². The molecule has 0 saturated carbocycles. The third-order valence-electron chi connectivity index (χ3n) is 3.41. The van der Waals surface area contributed by atoms with Crippen LogP contribution in [0.4, 0.5) is 0 Å². The number of hydrogen-bond donors (Lipinski definition) is 3. The molecule has 0 amide bonds. The van der Waals surface area contributed by atoms with Crippen LogP contribution >= 0.6 is 11.6 Å². The van der Waals surface area contributed by atoms with Crippen molar-refractivity contribution < 1.29 is 19.8 Å². The zero-order valence-corrected chi connectivity index (χ0v) is 12.8. The van der Waals surface area contributed by atoms with Crippen LogP contribution in [0.1, 0.15) is 28.4 Å². The Balaban J connectivity index is 2.47. The monoisotopic (exact) mass is 334 g/mol.